The number of hydrogen-bond acceptors (Lipinski definition) is 3. The third-order valence-corrected chi connectivity index (χ3v) is 2.47. The van der Waals surface area contributed by atoms with E-state index in [0.717, 1.165) is 16.4 Å². The Hall–Kier alpha value is -1.35. The van der Waals surface area contributed by atoms with E-state index in [1.165, 1.54) is 11.5 Å². The highest BCUT2D eigenvalue weighted by Gasteiger charge is 1.96. The molecule has 66 valence electrons. The molecule has 2 rings (SSSR count). The molecule has 1 aromatic heterocycles. The van der Waals surface area contributed by atoms with Gasteiger partial charge in [0.15, 0.2) is 0 Å². The van der Waals surface area contributed by atoms with Gasteiger partial charge in [0.05, 0.1) is 5.69 Å². The first-order valence-corrected chi connectivity index (χ1v) is 4.87. The Balaban J connectivity index is 2.15. The Morgan fingerprint density at radius 1 is 1.23 bits per heavy atom. The molecular formula is C10H10N2S. The maximum atomic E-state index is 4.19. The molecule has 1 N–H and O–H groups in total. The lowest BCUT2D eigenvalue weighted by atomic mass is 10.3. The smallest absolute Gasteiger partial charge is 0.114 e. The summed E-state index contributed by atoms with van der Waals surface area (Å²) < 4.78 is 4.19. The van der Waals surface area contributed by atoms with Gasteiger partial charge in [-0.1, -0.05) is 18.2 Å². The molecule has 3 heteroatoms. The molecule has 1 aromatic carbocycles. The molecule has 0 fully saturated rings. The molecule has 0 aliphatic rings. The molecule has 2 nitrogen and oxygen atoms in total. The van der Waals surface area contributed by atoms with E-state index in [9.17, 15) is 0 Å². The summed E-state index contributed by atoms with van der Waals surface area (Å²) in [5.74, 6) is 0. The zero-order chi connectivity index (χ0) is 9.10. The van der Waals surface area contributed by atoms with Crippen LogP contribution in [-0.2, 0) is 0 Å². The van der Waals surface area contributed by atoms with Crippen LogP contribution in [0, 0.1) is 6.92 Å². The van der Waals surface area contributed by atoms with Crippen molar-refractivity contribution < 1.29 is 0 Å². The maximum Gasteiger partial charge on any atom is 0.114 e. The average molecular weight is 190 g/mol. The average Bonchev–Trinajstić information content (AvgIpc) is 2.53. The molecular weight excluding hydrogens is 180 g/mol. The van der Waals surface area contributed by atoms with Crippen molar-refractivity contribution in [2.75, 3.05) is 5.32 Å². The number of aromatic nitrogens is 1. The monoisotopic (exact) mass is 190 g/mol. The first-order chi connectivity index (χ1) is 6.34. The van der Waals surface area contributed by atoms with Gasteiger partial charge in [0.2, 0.25) is 0 Å². The van der Waals surface area contributed by atoms with Crippen LogP contribution in [0.1, 0.15) is 5.69 Å². The molecule has 13 heavy (non-hydrogen) atoms. The number of rotatable bonds is 2. The van der Waals surface area contributed by atoms with Crippen molar-refractivity contribution in [3.05, 3.63) is 42.1 Å². The Labute approximate surface area is 81.4 Å². The summed E-state index contributed by atoms with van der Waals surface area (Å²) in [6.07, 6.45) is 0. The van der Waals surface area contributed by atoms with Gasteiger partial charge in [-0.15, -0.1) is 0 Å². The molecule has 0 unspecified atom stereocenters. The van der Waals surface area contributed by atoms with Gasteiger partial charge in [-0.3, -0.25) is 0 Å². The van der Waals surface area contributed by atoms with E-state index in [4.69, 9.17) is 0 Å². The molecule has 0 bridgehead atoms. The number of hydrogen-bond donors (Lipinski definition) is 1. The standard InChI is InChI=1S/C10H10N2S/c1-8-7-10(13-12-8)11-9-5-3-2-4-6-9/h2-7,11H,1H3. The van der Waals surface area contributed by atoms with Crippen LogP contribution in [0.25, 0.3) is 0 Å². The van der Waals surface area contributed by atoms with Crippen molar-refractivity contribution in [3.8, 4) is 0 Å². The summed E-state index contributed by atoms with van der Waals surface area (Å²) in [4.78, 5) is 0. The lowest BCUT2D eigenvalue weighted by Gasteiger charge is -2.00. The first-order valence-electron chi connectivity index (χ1n) is 4.10. The van der Waals surface area contributed by atoms with E-state index >= 15 is 0 Å². The van der Waals surface area contributed by atoms with Crippen molar-refractivity contribution in [1.82, 2.24) is 4.37 Å². The fourth-order valence-electron chi connectivity index (χ4n) is 1.09. The van der Waals surface area contributed by atoms with Crippen LogP contribution in [0.15, 0.2) is 36.4 Å². The number of benzene rings is 1. The summed E-state index contributed by atoms with van der Waals surface area (Å²) in [6, 6.07) is 12.1. The maximum absolute atomic E-state index is 4.19. The lowest BCUT2D eigenvalue weighted by molar-refractivity contribution is 1.35. The molecule has 0 aliphatic heterocycles. The van der Waals surface area contributed by atoms with Crippen LogP contribution in [0.3, 0.4) is 0 Å². The zero-order valence-corrected chi connectivity index (χ0v) is 8.14. The van der Waals surface area contributed by atoms with E-state index in [0.29, 0.717) is 0 Å². The van der Waals surface area contributed by atoms with Crippen LogP contribution in [-0.4, -0.2) is 4.37 Å². The Morgan fingerprint density at radius 3 is 2.62 bits per heavy atom. The molecule has 0 saturated carbocycles. The van der Waals surface area contributed by atoms with E-state index in [-0.39, 0.29) is 0 Å². The van der Waals surface area contributed by atoms with Crippen molar-refractivity contribution in [3.63, 3.8) is 0 Å². The molecule has 0 amide bonds. The normalized spacial score (nSPS) is 9.92. The fraction of sp³-hybridized carbons (Fsp3) is 0.100. The summed E-state index contributed by atoms with van der Waals surface area (Å²) in [7, 11) is 0. The SMILES string of the molecule is Cc1cc(Nc2ccccc2)sn1. The van der Waals surface area contributed by atoms with Crippen molar-refractivity contribution in [1.29, 1.82) is 0 Å². The summed E-state index contributed by atoms with van der Waals surface area (Å²) in [6.45, 7) is 1.99. The van der Waals surface area contributed by atoms with E-state index < -0.39 is 0 Å². The van der Waals surface area contributed by atoms with Gasteiger partial charge < -0.3 is 5.32 Å². The third kappa shape index (κ3) is 2.06. The van der Waals surface area contributed by atoms with E-state index in [1.807, 2.05) is 43.3 Å². The highest BCUT2D eigenvalue weighted by molar-refractivity contribution is 7.10. The van der Waals surface area contributed by atoms with Gasteiger partial charge in [-0.2, -0.15) is 4.37 Å². The van der Waals surface area contributed by atoms with Gasteiger partial charge >= 0.3 is 0 Å². The molecule has 0 spiro atoms. The summed E-state index contributed by atoms with van der Waals surface area (Å²) in [5, 5.41) is 4.37. The van der Waals surface area contributed by atoms with Gasteiger partial charge in [0, 0.05) is 5.69 Å². The Bertz CT molecular complexity index is 381. The summed E-state index contributed by atoms with van der Waals surface area (Å²) >= 11 is 1.48. The number of aryl methyl sites for hydroxylation is 1. The van der Waals surface area contributed by atoms with Crippen LogP contribution in [0.4, 0.5) is 10.7 Å². The predicted octanol–water partition coefficient (Wildman–Crippen LogP) is 3.20. The lowest BCUT2D eigenvalue weighted by Crippen LogP contribution is -1.84. The molecule has 2 aromatic rings. The molecule has 0 aliphatic carbocycles. The van der Waals surface area contributed by atoms with Crippen molar-refractivity contribution in [2.45, 2.75) is 6.92 Å². The molecule has 0 saturated heterocycles. The van der Waals surface area contributed by atoms with Gasteiger partial charge in [-0.05, 0) is 36.7 Å². The van der Waals surface area contributed by atoms with Crippen LogP contribution >= 0.6 is 11.5 Å². The van der Waals surface area contributed by atoms with Gasteiger partial charge in [-0.25, -0.2) is 0 Å². The zero-order valence-electron chi connectivity index (χ0n) is 7.32. The number of anilines is 2. The highest BCUT2D eigenvalue weighted by atomic mass is 32.1. The molecule has 0 radical (unpaired) electrons. The number of nitrogens with zero attached hydrogens (tertiary/aromatic N) is 1. The topological polar surface area (TPSA) is 24.9 Å². The van der Waals surface area contributed by atoms with Crippen LogP contribution in [0.2, 0.25) is 0 Å². The third-order valence-electron chi connectivity index (χ3n) is 1.67. The first kappa shape index (κ1) is 8.26. The second kappa shape index (κ2) is 3.58. The van der Waals surface area contributed by atoms with Crippen molar-refractivity contribution in [2.24, 2.45) is 0 Å². The fourth-order valence-corrected chi connectivity index (χ4v) is 1.77. The Morgan fingerprint density at radius 2 is 2.00 bits per heavy atom. The van der Waals surface area contributed by atoms with Gasteiger partial charge in [0.1, 0.15) is 5.00 Å². The number of nitrogens with one attached hydrogen (secondary N) is 1. The molecule has 0 atom stereocenters. The molecule has 1 heterocycles. The Kier molecular flexibility index (Phi) is 2.27. The predicted molar refractivity (Wildman–Crippen MR) is 56.6 cm³/mol. The second-order valence-corrected chi connectivity index (χ2v) is 3.63. The van der Waals surface area contributed by atoms with Crippen molar-refractivity contribution >= 4 is 22.2 Å². The van der Waals surface area contributed by atoms with E-state index in [1.54, 1.807) is 0 Å². The van der Waals surface area contributed by atoms with Crippen LogP contribution < -0.4 is 5.32 Å². The van der Waals surface area contributed by atoms with Crippen LogP contribution in [0.5, 0.6) is 0 Å². The van der Waals surface area contributed by atoms with E-state index in [2.05, 4.69) is 9.69 Å². The van der Waals surface area contributed by atoms with Gasteiger partial charge in [0.25, 0.3) is 0 Å². The minimum atomic E-state index is 1.06. The largest absolute Gasteiger partial charge is 0.346 e. The number of para-hydroxylation sites is 1. The minimum Gasteiger partial charge on any atom is -0.346 e. The summed E-state index contributed by atoms with van der Waals surface area (Å²) in [5.41, 5.74) is 2.16. The highest BCUT2D eigenvalue weighted by Crippen LogP contribution is 2.20. The minimum absolute atomic E-state index is 1.06. The quantitative estimate of drug-likeness (QED) is 0.786. The second-order valence-electron chi connectivity index (χ2n) is 2.82.